The van der Waals surface area contributed by atoms with Crippen LogP contribution in [-0.4, -0.2) is 26.0 Å². The monoisotopic (exact) mass is 429 g/mol. The van der Waals surface area contributed by atoms with Gasteiger partial charge in [0.2, 0.25) is 0 Å². The number of sulfone groups is 1. The van der Waals surface area contributed by atoms with Gasteiger partial charge in [-0.05, 0) is 41.5 Å². The van der Waals surface area contributed by atoms with Gasteiger partial charge in [-0.25, -0.2) is 17.2 Å². The van der Waals surface area contributed by atoms with Crippen LogP contribution in [0.5, 0.6) is 5.75 Å². The van der Waals surface area contributed by atoms with Gasteiger partial charge >= 0.3 is 6.36 Å². The molecule has 0 radical (unpaired) electrons. The van der Waals surface area contributed by atoms with Crippen molar-refractivity contribution in [3.63, 3.8) is 0 Å². The second-order valence-electron chi connectivity index (χ2n) is 6.03. The summed E-state index contributed by atoms with van der Waals surface area (Å²) in [6, 6.07) is 7.59. The molecule has 0 aliphatic carbocycles. The minimum absolute atomic E-state index is 0.133. The number of hydrogen-bond acceptors (Lipinski definition) is 4. The number of benzene rings is 2. The lowest BCUT2D eigenvalue weighted by Crippen LogP contribution is -2.16. The number of halogens is 5. The predicted molar refractivity (Wildman–Crippen MR) is 94.8 cm³/mol. The van der Waals surface area contributed by atoms with Crippen molar-refractivity contribution in [2.45, 2.75) is 11.3 Å². The Morgan fingerprint density at radius 2 is 1.55 bits per heavy atom. The lowest BCUT2D eigenvalue weighted by atomic mass is 9.96. The van der Waals surface area contributed by atoms with E-state index in [1.54, 1.807) is 0 Å². The van der Waals surface area contributed by atoms with Crippen molar-refractivity contribution >= 4 is 9.84 Å². The number of pyridine rings is 1. The van der Waals surface area contributed by atoms with E-state index in [1.165, 1.54) is 30.6 Å². The summed E-state index contributed by atoms with van der Waals surface area (Å²) in [6.45, 7) is 0. The Morgan fingerprint density at radius 1 is 0.897 bits per heavy atom. The van der Waals surface area contributed by atoms with E-state index in [2.05, 4.69) is 9.72 Å². The molecule has 0 N–H and O–H groups in total. The van der Waals surface area contributed by atoms with Crippen molar-refractivity contribution in [3.05, 3.63) is 66.5 Å². The molecule has 0 bridgehead atoms. The van der Waals surface area contributed by atoms with E-state index in [4.69, 9.17) is 0 Å². The molecule has 0 saturated heterocycles. The molecule has 0 fully saturated rings. The topological polar surface area (TPSA) is 56.3 Å². The summed E-state index contributed by atoms with van der Waals surface area (Å²) >= 11 is 0. The Hall–Kier alpha value is -3.01. The van der Waals surface area contributed by atoms with Gasteiger partial charge in [0.15, 0.2) is 9.84 Å². The van der Waals surface area contributed by atoms with Gasteiger partial charge in [-0.3, -0.25) is 4.98 Å². The summed E-state index contributed by atoms with van der Waals surface area (Å²) in [6.07, 6.45) is -1.47. The predicted octanol–water partition coefficient (Wildman–Crippen LogP) is 5.00. The molecule has 3 aromatic rings. The largest absolute Gasteiger partial charge is 0.573 e. The first-order valence-electron chi connectivity index (χ1n) is 7.95. The summed E-state index contributed by atoms with van der Waals surface area (Å²) in [5.74, 6) is -2.56. The van der Waals surface area contributed by atoms with Gasteiger partial charge in [0.25, 0.3) is 0 Å². The van der Waals surface area contributed by atoms with Crippen molar-refractivity contribution in [2.75, 3.05) is 6.26 Å². The summed E-state index contributed by atoms with van der Waals surface area (Å²) in [4.78, 5) is 3.09. The lowest BCUT2D eigenvalue weighted by molar-refractivity contribution is -0.274. The van der Waals surface area contributed by atoms with E-state index in [9.17, 15) is 30.4 Å². The first-order chi connectivity index (χ1) is 13.5. The third kappa shape index (κ3) is 4.70. The second kappa shape index (κ2) is 7.43. The van der Waals surface area contributed by atoms with E-state index in [0.717, 1.165) is 24.5 Å². The van der Waals surface area contributed by atoms with Gasteiger partial charge in [-0.2, -0.15) is 0 Å². The summed E-state index contributed by atoms with van der Waals surface area (Å²) in [5.41, 5.74) is 0.634. The zero-order valence-corrected chi connectivity index (χ0v) is 15.5. The fraction of sp³-hybridized carbons (Fsp3) is 0.105. The summed E-state index contributed by atoms with van der Waals surface area (Å²) < 4.78 is 92.7. The number of rotatable bonds is 4. The molecule has 0 aliphatic heterocycles. The van der Waals surface area contributed by atoms with Crippen molar-refractivity contribution in [3.8, 4) is 28.0 Å². The maximum absolute atomic E-state index is 14.6. The summed E-state index contributed by atoms with van der Waals surface area (Å²) in [7, 11) is -3.97. The van der Waals surface area contributed by atoms with Crippen LogP contribution in [0, 0.1) is 11.6 Å². The smallest absolute Gasteiger partial charge is 0.406 e. The Kier molecular flexibility index (Phi) is 5.31. The molecule has 4 nitrogen and oxygen atoms in total. The van der Waals surface area contributed by atoms with E-state index in [1.807, 2.05) is 0 Å². The van der Waals surface area contributed by atoms with Gasteiger partial charge < -0.3 is 4.74 Å². The highest BCUT2D eigenvalue weighted by molar-refractivity contribution is 7.90. The van der Waals surface area contributed by atoms with Crippen molar-refractivity contribution in [1.82, 2.24) is 4.98 Å². The standard InChI is InChI=1S/C19H12F5NO3S/c1-29(26,27)18-9-16(20)14(8-17(18)21)15-10-25-7-6-13(15)11-2-4-12(5-3-11)28-19(22,23)24/h2-10H,1H3. The quantitative estimate of drug-likeness (QED) is 0.548. The number of hydrogen-bond donors (Lipinski definition) is 0. The molecule has 0 spiro atoms. The molecule has 152 valence electrons. The van der Waals surface area contributed by atoms with Crippen LogP contribution in [0.15, 0.2) is 59.8 Å². The molecular formula is C19H12F5NO3S. The zero-order chi connectivity index (χ0) is 21.4. The van der Waals surface area contributed by atoms with Crippen LogP contribution in [0.1, 0.15) is 0 Å². The van der Waals surface area contributed by atoms with Crippen LogP contribution in [0.4, 0.5) is 22.0 Å². The Labute approximate surface area is 162 Å². The normalized spacial score (nSPS) is 12.1. The van der Waals surface area contributed by atoms with E-state index in [0.29, 0.717) is 17.2 Å². The highest BCUT2D eigenvalue weighted by atomic mass is 32.2. The van der Waals surface area contributed by atoms with E-state index >= 15 is 0 Å². The van der Waals surface area contributed by atoms with Crippen LogP contribution in [0.2, 0.25) is 0 Å². The third-order valence-corrected chi connectivity index (χ3v) is 5.04. The lowest BCUT2D eigenvalue weighted by Gasteiger charge is -2.13. The minimum atomic E-state index is -4.84. The average molecular weight is 429 g/mol. The average Bonchev–Trinajstić information content (AvgIpc) is 2.62. The number of ether oxygens (including phenoxy) is 1. The highest BCUT2D eigenvalue weighted by Crippen LogP contribution is 2.35. The molecule has 2 aromatic carbocycles. The first kappa shape index (κ1) is 20.7. The van der Waals surface area contributed by atoms with Crippen LogP contribution < -0.4 is 4.74 Å². The molecule has 0 atom stereocenters. The maximum atomic E-state index is 14.6. The molecular weight excluding hydrogens is 417 g/mol. The molecule has 3 rings (SSSR count). The molecule has 0 unspecified atom stereocenters. The first-order valence-corrected chi connectivity index (χ1v) is 9.84. The number of aromatic nitrogens is 1. The minimum Gasteiger partial charge on any atom is -0.406 e. The maximum Gasteiger partial charge on any atom is 0.573 e. The molecule has 29 heavy (non-hydrogen) atoms. The zero-order valence-electron chi connectivity index (χ0n) is 14.7. The van der Waals surface area contributed by atoms with Gasteiger partial charge in [0, 0.05) is 29.8 Å². The van der Waals surface area contributed by atoms with Crippen molar-refractivity contribution in [1.29, 1.82) is 0 Å². The SMILES string of the molecule is CS(=O)(=O)c1cc(F)c(-c2cnccc2-c2ccc(OC(F)(F)F)cc2)cc1F. The van der Waals surface area contributed by atoms with Crippen LogP contribution in [0.25, 0.3) is 22.3 Å². The van der Waals surface area contributed by atoms with Crippen LogP contribution >= 0.6 is 0 Å². The molecule has 0 saturated carbocycles. The van der Waals surface area contributed by atoms with Gasteiger partial charge in [0.05, 0.1) is 0 Å². The third-order valence-electron chi connectivity index (χ3n) is 3.93. The van der Waals surface area contributed by atoms with E-state index in [-0.39, 0.29) is 11.1 Å². The van der Waals surface area contributed by atoms with Gasteiger partial charge in [0.1, 0.15) is 22.3 Å². The highest BCUT2D eigenvalue weighted by Gasteiger charge is 2.31. The molecule has 1 heterocycles. The van der Waals surface area contributed by atoms with Crippen LogP contribution in [0.3, 0.4) is 0 Å². The fourth-order valence-corrected chi connectivity index (χ4v) is 3.45. The Bertz CT molecular complexity index is 1160. The second-order valence-corrected chi connectivity index (χ2v) is 8.01. The van der Waals surface area contributed by atoms with Crippen molar-refractivity contribution in [2.24, 2.45) is 0 Å². The van der Waals surface area contributed by atoms with Crippen LogP contribution in [-0.2, 0) is 9.84 Å². The Morgan fingerprint density at radius 3 is 2.14 bits per heavy atom. The number of nitrogens with zero attached hydrogens (tertiary/aromatic N) is 1. The number of alkyl halides is 3. The van der Waals surface area contributed by atoms with Crippen molar-refractivity contribution < 1.29 is 35.1 Å². The Balaban J connectivity index is 2.08. The molecule has 10 heteroatoms. The van der Waals surface area contributed by atoms with Gasteiger partial charge in [-0.15, -0.1) is 13.2 Å². The molecule has 0 aliphatic rings. The summed E-state index contributed by atoms with van der Waals surface area (Å²) in [5, 5.41) is 0. The fourth-order valence-electron chi connectivity index (χ4n) is 2.72. The van der Waals surface area contributed by atoms with Gasteiger partial charge in [-0.1, -0.05) is 12.1 Å². The molecule has 0 amide bonds. The molecule has 1 aromatic heterocycles. The van der Waals surface area contributed by atoms with E-state index < -0.39 is 38.5 Å².